The van der Waals surface area contributed by atoms with Crippen molar-refractivity contribution in [2.45, 2.75) is 38.1 Å². The summed E-state index contributed by atoms with van der Waals surface area (Å²) in [4.78, 5) is 20.1. The second kappa shape index (κ2) is 6.43. The lowest BCUT2D eigenvalue weighted by molar-refractivity contribution is 0.0690. The van der Waals surface area contributed by atoms with Crippen LogP contribution in [0.25, 0.3) is 0 Å². The van der Waals surface area contributed by atoms with Gasteiger partial charge in [-0.2, -0.15) is 0 Å². The maximum Gasteiger partial charge on any atom is 0.354 e. The van der Waals surface area contributed by atoms with Gasteiger partial charge in [0, 0.05) is 19.1 Å². The van der Waals surface area contributed by atoms with Crippen molar-refractivity contribution in [1.29, 1.82) is 0 Å². The average molecular weight is 289 g/mol. The second-order valence-corrected chi connectivity index (χ2v) is 6.00. The second-order valence-electron chi connectivity index (χ2n) is 6.00. The molecule has 1 N–H and O–H groups in total. The molecule has 0 spiro atoms. The van der Waals surface area contributed by atoms with Gasteiger partial charge >= 0.3 is 5.97 Å². The van der Waals surface area contributed by atoms with Gasteiger partial charge in [0.1, 0.15) is 5.82 Å². The zero-order chi connectivity index (χ0) is 14.7. The molecule has 2 fully saturated rings. The number of carbonyl (C=O) groups is 1. The lowest BCUT2D eigenvalue weighted by Crippen LogP contribution is -2.47. The summed E-state index contributed by atoms with van der Waals surface area (Å²) >= 11 is 0. The minimum atomic E-state index is -0.958. The van der Waals surface area contributed by atoms with Gasteiger partial charge in [-0.25, -0.2) is 9.78 Å². The van der Waals surface area contributed by atoms with E-state index >= 15 is 0 Å². The van der Waals surface area contributed by atoms with Gasteiger partial charge in [-0.15, -0.1) is 0 Å². The first-order valence-electron chi connectivity index (χ1n) is 7.93. The van der Waals surface area contributed by atoms with E-state index in [1.54, 1.807) is 12.1 Å². The Balaban J connectivity index is 1.60. The summed E-state index contributed by atoms with van der Waals surface area (Å²) in [5.41, 5.74) is 0.130. The molecule has 5 heteroatoms. The summed E-state index contributed by atoms with van der Waals surface area (Å²) in [6.45, 7) is 4.43. The molecule has 0 radical (unpaired) electrons. The van der Waals surface area contributed by atoms with Crippen LogP contribution in [-0.4, -0.2) is 53.2 Å². The average Bonchev–Trinajstić information content (AvgIpc) is 2.56. The fraction of sp³-hybridized carbons (Fsp3) is 0.625. The Morgan fingerprint density at radius 1 is 1.10 bits per heavy atom. The van der Waals surface area contributed by atoms with Crippen LogP contribution in [0.3, 0.4) is 0 Å². The molecule has 3 heterocycles. The zero-order valence-corrected chi connectivity index (χ0v) is 12.4. The third-order valence-electron chi connectivity index (χ3n) is 4.65. The van der Waals surface area contributed by atoms with E-state index in [4.69, 9.17) is 5.11 Å². The van der Waals surface area contributed by atoms with Crippen LogP contribution in [0, 0.1) is 0 Å². The number of rotatable bonds is 3. The number of hydrogen-bond acceptors (Lipinski definition) is 4. The van der Waals surface area contributed by atoms with Gasteiger partial charge in [-0.3, -0.25) is 0 Å². The molecule has 0 aliphatic carbocycles. The van der Waals surface area contributed by atoms with E-state index in [-0.39, 0.29) is 5.69 Å². The quantitative estimate of drug-likeness (QED) is 0.925. The normalized spacial score (nSPS) is 21.4. The zero-order valence-electron chi connectivity index (χ0n) is 12.4. The Morgan fingerprint density at radius 3 is 2.48 bits per heavy atom. The maximum atomic E-state index is 11.0. The van der Waals surface area contributed by atoms with Crippen molar-refractivity contribution in [3.8, 4) is 0 Å². The highest BCUT2D eigenvalue weighted by Gasteiger charge is 2.26. The first-order chi connectivity index (χ1) is 10.2. The number of anilines is 1. The van der Waals surface area contributed by atoms with E-state index in [0.717, 1.165) is 31.7 Å². The molecule has 0 atom stereocenters. The Bertz CT molecular complexity index is 492. The lowest BCUT2D eigenvalue weighted by atomic mass is 10.00. The molecule has 2 aliphatic heterocycles. The van der Waals surface area contributed by atoms with Crippen molar-refractivity contribution in [2.24, 2.45) is 0 Å². The molecular weight excluding hydrogens is 266 g/mol. The Labute approximate surface area is 125 Å². The molecule has 5 nitrogen and oxygen atoms in total. The van der Waals surface area contributed by atoms with Crippen LogP contribution < -0.4 is 4.90 Å². The predicted molar refractivity (Wildman–Crippen MR) is 81.9 cm³/mol. The molecule has 2 saturated heterocycles. The number of nitrogens with zero attached hydrogens (tertiary/aromatic N) is 3. The Kier molecular flexibility index (Phi) is 4.39. The molecule has 2 aliphatic rings. The van der Waals surface area contributed by atoms with Crippen LogP contribution in [0.1, 0.15) is 42.6 Å². The third-order valence-corrected chi connectivity index (χ3v) is 4.65. The number of carboxylic acids is 1. The summed E-state index contributed by atoms with van der Waals surface area (Å²) < 4.78 is 0. The van der Waals surface area contributed by atoms with Crippen molar-refractivity contribution in [1.82, 2.24) is 9.88 Å². The van der Waals surface area contributed by atoms with Crippen molar-refractivity contribution < 1.29 is 9.90 Å². The number of pyridine rings is 1. The first kappa shape index (κ1) is 14.3. The Morgan fingerprint density at radius 2 is 1.81 bits per heavy atom. The van der Waals surface area contributed by atoms with E-state index in [2.05, 4.69) is 14.8 Å². The van der Waals surface area contributed by atoms with Crippen molar-refractivity contribution in [3.63, 3.8) is 0 Å². The van der Waals surface area contributed by atoms with Gasteiger partial charge in [0.05, 0.1) is 0 Å². The minimum Gasteiger partial charge on any atom is -0.477 e. The van der Waals surface area contributed by atoms with Crippen molar-refractivity contribution in [2.75, 3.05) is 31.1 Å². The number of carboxylic acid groups (broad SMARTS) is 1. The van der Waals surface area contributed by atoms with E-state index < -0.39 is 5.97 Å². The molecule has 21 heavy (non-hydrogen) atoms. The summed E-state index contributed by atoms with van der Waals surface area (Å²) in [6.07, 6.45) is 6.35. The van der Waals surface area contributed by atoms with E-state index in [1.807, 2.05) is 6.07 Å². The molecule has 1 aromatic heterocycles. The standard InChI is InChI=1S/C16H23N3O2/c20-16(21)14-5-4-6-15(17-14)19-11-7-13(8-12-19)18-9-2-1-3-10-18/h4-6,13H,1-3,7-12H2,(H,20,21). The fourth-order valence-electron chi connectivity index (χ4n) is 3.46. The molecule has 0 saturated carbocycles. The molecule has 114 valence electrons. The number of likely N-dealkylation sites (tertiary alicyclic amines) is 1. The molecule has 3 rings (SSSR count). The fourth-order valence-corrected chi connectivity index (χ4v) is 3.46. The van der Waals surface area contributed by atoms with Gasteiger partial charge < -0.3 is 14.9 Å². The summed E-state index contributed by atoms with van der Waals surface area (Å²) in [5.74, 6) is -0.160. The molecule has 0 unspecified atom stereocenters. The highest BCUT2D eigenvalue weighted by atomic mass is 16.4. The highest BCUT2D eigenvalue weighted by Crippen LogP contribution is 2.23. The van der Waals surface area contributed by atoms with Gasteiger partial charge in [0.25, 0.3) is 0 Å². The van der Waals surface area contributed by atoms with Crippen LogP contribution in [0.4, 0.5) is 5.82 Å². The van der Waals surface area contributed by atoms with Crippen LogP contribution >= 0.6 is 0 Å². The van der Waals surface area contributed by atoms with Crippen LogP contribution in [0.15, 0.2) is 18.2 Å². The maximum absolute atomic E-state index is 11.0. The van der Waals surface area contributed by atoms with Crippen LogP contribution in [0.5, 0.6) is 0 Å². The van der Waals surface area contributed by atoms with Gasteiger partial charge in [-0.05, 0) is 50.9 Å². The third kappa shape index (κ3) is 3.35. The van der Waals surface area contributed by atoms with Crippen molar-refractivity contribution >= 4 is 11.8 Å². The molecule has 0 aromatic carbocycles. The summed E-state index contributed by atoms with van der Waals surface area (Å²) in [7, 11) is 0. The van der Waals surface area contributed by atoms with Crippen LogP contribution in [0.2, 0.25) is 0 Å². The number of hydrogen-bond donors (Lipinski definition) is 1. The highest BCUT2D eigenvalue weighted by molar-refractivity contribution is 5.85. The SMILES string of the molecule is O=C(O)c1cccc(N2CCC(N3CCCCC3)CC2)n1. The van der Waals surface area contributed by atoms with Gasteiger partial charge in [0.15, 0.2) is 5.69 Å². The number of aromatic carboxylic acids is 1. The predicted octanol–water partition coefficient (Wildman–Crippen LogP) is 2.23. The van der Waals surface area contributed by atoms with Gasteiger partial charge in [-0.1, -0.05) is 12.5 Å². The van der Waals surface area contributed by atoms with E-state index in [0.29, 0.717) is 6.04 Å². The Hall–Kier alpha value is -1.62. The van der Waals surface area contributed by atoms with E-state index in [9.17, 15) is 4.79 Å². The lowest BCUT2D eigenvalue weighted by Gasteiger charge is -2.40. The topological polar surface area (TPSA) is 56.7 Å². The molecular formula is C16H23N3O2. The minimum absolute atomic E-state index is 0.130. The largest absolute Gasteiger partial charge is 0.477 e. The van der Waals surface area contributed by atoms with Crippen LogP contribution in [-0.2, 0) is 0 Å². The summed E-state index contributed by atoms with van der Waals surface area (Å²) in [5, 5.41) is 9.03. The first-order valence-corrected chi connectivity index (χ1v) is 7.93. The number of piperidine rings is 2. The number of aromatic nitrogens is 1. The molecule has 0 amide bonds. The van der Waals surface area contributed by atoms with Crippen molar-refractivity contribution in [3.05, 3.63) is 23.9 Å². The molecule has 1 aromatic rings. The van der Waals surface area contributed by atoms with Gasteiger partial charge in [0.2, 0.25) is 0 Å². The molecule has 0 bridgehead atoms. The smallest absolute Gasteiger partial charge is 0.354 e. The summed E-state index contributed by atoms with van der Waals surface area (Å²) in [6, 6.07) is 5.94. The van der Waals surface area contributed by atoms with E-state index in [1.165, 1.54) is 32.4 Å². The monoisotopic (exact) mass is 289 g/mol.